The first-order chi connectivity index (χ1) is 5.43. The Balaban J connectivity index is 4.67. The molecule has 0 aliphatic heterocycles. The SMILES string of the molecule is CC(C)(C)[C@@H](N=[N+]=[N-])C(=O)O[SiH3]. The van der Waals surface area contributed by atoms with Crippen molar-refractivity contribution in [2.75, 3.05) is 0 Å². The first-order valence-corrected chi connectivity index (χ1v) is 4.37. The second-order valence-electron chi connectivity index (χ2n) is 3.50. The normalized spacial score (nSPS) is 13.2. The maximum atomic E-state index is 11.1. The first kappa shape index (κ1) is 11.0. The van der Waals surface area contributed by atoms with E-state index in [1.807, 2.05) is 20.8 Å². The van der Waals surface area contributed by atoms with E-state index in [9.17, 15) is 4.79 Å². The molecule has 0 saturated carbocycles. The summed E-state index contributed by atoms with van der Waals surface area (Å²) in [6, 6.07) is -0.722. The van der Waals surface area contributed by atoms with Gasteiger partial charge in [0.25, 0.3) is 0 Å². The van der Waals surface area contributed by atoms with E-state index in [2.05, 4.69) is 14.5 Å². The van der Waals surface area contributed by atoms with Crippen LogP contribution in [0, 0.1) is 5.41 Å². The van der Waals surface area contributed by atoms with E-state index in [-0.39, 0.29) is 5.41 Å². The van der Waals surface area contributed by atoms with Crippen LogP contribution in [0.25, 0.3) is 10.4 Å². The van der Waals surface area contributed by atoms with Gasteiger partial charge in [-0.1, -0.05) is 25.9 Å². The molecule has 0 aromatic rings. The number of azide groups is 1. The Morgan fingerprint density at radius 3 is 2.42 bits per heavy atom. The lowest BCUT2D eigenvalue weighted by molar-refractivity contribution is -0.137. The van der Waals surface area contributed by atoms with Gasteiger partial charge < -0.3 is 4.43 Å². The molecule has 0 bridgehead atoms. The van der Waals surface area contributed by atoms with Crippen LogP contribution in [0.15, 0.2) is 5.11 Å². The van der Waals surface area contributed by atoms with Crippen LogP contribution in [0.5, 0.6) is 0 Å². The molecule has 0 aromatic carbocycles. The Morgan fingerprint density at radius 2 is 2.17 bits per heavy atom. The van der Waals surface area contributed by atoms with Gasteiger partial charge in [0.2, 0.25) is 10.5 Å². The summed E-state index contributed by atoms with van der Waals surface area (Å²) in [6.45, 7) is 5.47. The minimum Gasteiger partial charge on any atom is -0.528 e. The quantitative estimate of drug-likeness (QED) is 0.274. The lowest BCUT2D eigenvalue weighted by Crippen LogP contribution is -2.33. The maximum absolute atomic E-state index is 11.1. The number of nitrogens with zero attached hydrogens (tertiary/aromatic N) is 3. The average molecular weight is 187 g/mol. The molecule has 1 atom stereocenters. The van der Waals surface area contributed by atoms with Gasteiger partial charge in [-0.25, -0.2) is 0 Å². The monoisotopic (exact) mass is 187 g/mol. The summed E-state index contributed by atoms with van der Waals surface area (Å²) < 4.78 is 4.63. The molecule has 0 N–H and O–H groups in total. The summed E-state index contributed by atoms with van der Waals surface area (Å²) in [5.41, 5.74) is 7.83. The summed E-state index contributed by atoms with van der Waals surface area (Å²) in [5, 5.41) is 3.39. The first-order valence-electron chi connectivity index (χ1n) is 3.55. The maximum Gasteiger partial charge on any atom is 0.301 e. The standard InChI is InChI=1S/C6H13N3O2Si/c1-6(2,3)4(8-9-7)5(10)11-12/h4H,1-3,12H3/t4-/m0/s1. The smallest absolute Gasteiger partial charge is 0.301 e. The average Bonchev–Trinajstić information content (AvgIpc) is 1.96. The predicted octanol–water partition coefficient (Wildman–Crippen LogP) is 0.535. The van der Waals surface area contributed by atoms with Gasteiger partial charge in [-0.05, 0) is 10.9 Å². The number of carbonyl (C=O) groups is 1. The minimum absolute atomic E-state index is 0.329. The number of rotatable bonds is 2. The number of carbonyl (C=O) groups excluding carboxylic acids is 1. The molecule has 0 saturated heterocycles. The largest absolute Gasteiger partial charge is 0.528 e. The van der Waals surface area contributed by atoms with Crippen LogP contribution in [0.2, 0.25) is 0 Å². The van der Waals surface area contributed by atoms with E-state index in [0.717, 1.165) is 0 Å². The van der Waals surface area contributed by atoms with Crippen LogP contribution in [-0.2, 0) is 9.22 Å². The highest BCUT2D eigenvalue weighted by Crippen LogP contribution is 2.23. The molecule has 0 rings (SSSR count). The van der Waals surface area contributed by atoms with Gasteiger partial charge in [-0.3, -0.25) is 4.79 Å². The van der Waals surface area contributed by atoms with Crippen molar-refractivity contribution in [1.29, 1.82) is 0 Å². The van der Waals surface area contributed by atoms with Crippen molar-refractivity contribution in [2.45, 2.75) is 26.8 Å². The molecule has 0 radical (unpaired) electrons. The van der Waals surface area contributed by atoms with Gasteiger partial charge in [0.05, 0.1) is 0 Å². The highest BCUT2D eigenvalue weighted by atomic mass is 28.2. The Kier molecular flexibility index (Phi) is 3.79. The fourth-order valence-corrected chi connectivity index (χ4v) is 0.960. The number of hydrogen-bond donors (Lipinski definition) is 0. The Bertz CT molecular complexity index is 217. The van der Waals surface area contributed by atoms with Gasteiger partial charge in [0, 0.05) is 4.91 Å². The molecular formula is C6H13N3O2Si. The van der Waals surface area contributed by atoms with E-state index in [4.69, 9.17) is 5.53 Å². The summed E-state index contributed by atoms with van der Waals surface area (Å²) in [7, 11) is 0.329. The van der Waals surface area contributed by atoms with E-state index in [0.29, 0.717) is 10.5 Å². The van der Waals surface area contributed by atoms with Crippen molar-refractivity contribution in [3.63, 3.8) is 0 Å². The highest BCUT2D eigenvalue weighted by Gasteiger charge is 2.30. The molecule has 0 amide bonds. The topological polar surface area (TPSA) is 75.1 Å². The molecule has 0 unspecified atom stereocenters. The van der Waals surface area contributed by atoms with E-state index < -0.39 is 12.0 Å². The second-order valence-corrected chi connectivity index (χ2v) is 3.90. The highest BCUT2D eigenvalue weighted by molar-refractivity contribution is 6.06. The van der Waals surface area contributed by atoms with Crippen molar-refractivity contribution in [3.05, 3.63) is 10.4 Å². The Morgan fingerprint density at radius 1 is 1.67 bits per heavy atom. The second kappa shape index (κ2) is 4.13. The Hall–Kier alpha value is -1.00. The lowest BCUT2D eigenvalue weighted by atomic mass is 9.87. The minimum atomic E-state index is -0.722. The summed E-state index contributed by atoms with van der Waals surface area (Å²) in [4.78, 5) is 13.7. The van der Waals surface area contributed by atoms with Gasteiger partial charge in [0.1, 0.15) is 6.04 Å². The summed E-state index contributed by atoms with van der Waals surface area (Å²) >= 11 is 0. The molecular weight excluding hydrogens is 174 g/mol. The van der Waals surface area contributed by atoms with Crippen LogP contribution >= 0.6 is 0 Å². The molecule has 68 valence electrons. The summed E-state index contributed by atoms with van der Waals surface area (Å²) in [5.74, 6) is -0.438. The molecule has 0 aromatic heterocycles. The summed E-state index contributed by atoms with van der Waals surface area (Å²) in [6.07, 6.45) is 0. The molecule has 0 aliphatic carbocycles. The fraction of sp³-hybridized carbons (Fsp3) is 0.833. The van der Waals surface area contributed by atoms with Gasteiger partial charge in [-0.15, -0.1) is 0 Å². The van der Waals surface area contributed by atoms with Gasteiger partial charge >= 0.3 is 5.97 Å². The van der Waals surface area contributed by atoms with Gasteiger partial charge in [0.15, 0.2) is 0 Å². The fourth-order valence-electron chi connectivity index (χ4n) is 0.737. The molecule has 0 aliphatic rings. The Labute approximate surface area is 74.3 Å². The van der Waals surface area contributed by atoms with Crippen LogP contribution in [0.4, 0.5) is 0 Å². The third kappa shape index (κ3) is 2.94. The number of hydrogen-bond acceptors (Lipinski definition) is 3. The van der Waals surface area contributed by atoms with Gasteiger partial charge in [-0.2, -0.15) is 0 Å². The molecule has 12 heavy (non-hydrogen) atoms. The molecule has 6 heteroatoms. The van der Waals surface area contributed by atoms with E-state index >= 15 is 0 Å². The van der Waals surface area contributed by atoms with Crippen LogP contribution in [-0.4, -0.2) is 22.5 Å². The van der Waals surface area contributed by atoms with Crippen LogP contribution in [0.1, 0.15) is 20.8 Å². The van der Waals surface area contributed by atoms with E-state index in [1.54, 1.807) is 0 Å². The van der Waals surface area contributed by atoms with Crippen molar-refractivity contribution in [3.8, 4) is 0 Å². The van der Waals surface area contributed by atoms with Crippen molar-refractivity contribution >= 4 is 16.5 Å². The van der Waals surface area contributed by atoms with Crippen LogP contribution in [0.3, 0.4) is 0 Å². The zero-order chi connectivity index (χ0) is 9.78. The lowest BCUT2D eigenvalue weighted by Gasteiger charge is -2.23. The van der Waals surface area contributed by atoms with Crippen molar-refractivity contribution in [2.24, 2.45) is 10.5 Å². The third-order valence-corrected chi connectivity index (χ3v) is 1.81. The molecule has 0 heterocycles. The molecule has 5 nitrogen and oxygen atoms in total. The van der Waals surface area contributed by atoms with Crippen LogP contribution < -0.4 is 0 Å². The zero-order valence-corrected chi connectivity index (χ0v) is 9.74. The van der Waals surface area contributed by atoms with Crippen molar-refractivity contribution in [1.82, 2.24) is 0 Å². The molecule has 0 fully saturated rings. The predicted molar refractivity (Wildman–Crippen MR) is 48.4 cm³/mol. The molecule has 0 spiro atoms. The van der Waals surface area contributed by atoms with E-state index in [1.165, 1.54) is 0 Å². The zero-order valence-electron chi connectivity index (χ0n) is 7.74. The third-order valence-electron chi connectivity index (χ3n) is 1.41. The van der Waals surface area contributed by atoms with Crippen molar-refractivity contribution < 1.29 is 9.22 Å².